The van der Waals surface area contributed by atoms with Crippen LogP contribution in [-0.4, -0.2) is 27.6 Å². The van der Waals surface area contributed by atoms with Gasteiger partial charge in [0.2, 0.25) is 0 Å². The van der Waals surface area contributed by atoms with Gasteiger partial charge < -0.3 is 10.4 Å². The van der Waals surface area contributed by atoms with Crippen LogP contribution in [0.4, 0.5) is 5.82 Å². The minimum atomic E-state index is -0.748. The number of aromatic nitrogens is 2. The first kappa shape index (κ1) is 12.3. The van der Waals surface area contributed by atoms with Gasteiger partial charge >= 0.3 is 5.97 Å². The van der Waals surface area contributed by atoms with Crippen LogP contribution in [0.5, 0.6) is 0 Å². The van der Waals surface area contributed by atoms with Gasteiger partial charge in [0, 0.05) is 18.4 Å². The zero-order chi connectivity index (χ0) is 12.8. The van der Waals surface area contributed by atoms with E-state index in [1.165, 1.54) is 6.33 Å². The Morgan fingerprint density at radius 1 is 1.22 bits per heavy atom. The number of hydrogen-bond acceptors (Lipinski definition) is 4. The summed E-state index contributed by atoms with van der Waals surface area (Å²) in [5, 5.41) is 12.7. The van der Waals surface area contributed by atoms with Crippen LogP contribution in [0.1, 0.15) is 19.3 Å². The standard InChI is InChI=1S/C13H15N3O2/c17-12(18)7-3-4-8-14-13-10-5-1-2-6-11(10)15-9-16-13/h1-2,5-6,9H,3-4,7-8H2,(H,17,18)(H,14,15,16). The van der Waals surface area contributed by atoms with Crippen molar-refractivity contribution in [2.75, 3.05) is 11.9 Å². The molecule has 2 N–H and O–H groups in total. The highest BCUT2D eigenvalue weighted by atomic mass is 16.4. The Bertz CT molecular complexity index is 537. The van der Waals surface area contributed by atoms with Crippen molar-refractivity contribution in [1.82, 2.24) is 9.97 Å². The van der Waals surface area contributed by atoms with E-state index in [9.17, 15) is 4.79 Å². The molecule has 0 bridgehead atoms. The van der Waals surface area contributed by atoms with Crippen molar-refractivity contribution < 1.29 is 9.90 Å². The van der Waals surface area contributed by atoms with Gasteiger partial charge in [-0.2, -0.15) is 0 Å². The zero-order valence-corrected chi connectivity index (χ0v) is 9.97. The summed E-state index contributed by atoms with van der Waals surface area (Å²) in [6, 6.07) is 7.79. The van der Waals surface area contributed by atoms with Gasteiger partial charge in [0.15, 0.2) is 0 Å². The molecule has 2 rings (SSSR count). The lowest BCUT2D eigenvalue weighted by Gasteiger charge is -2.07. The number of carboxylic acids is 1. The highest BCUT2D eigenvalue weighted by Gasteiger charge is 2.02. The molecule has 0 atom stereocenters. The van der Waals surface area contributed by atoms with E-state index in [2.05, 4.69) is 15.3 Å². The highest BCUT2D eigenvalue weighted by molar-refractivity contribution is 5.88. The van der Waals surface area contributed by atoms with Crippen molar-refractivity contribution in [3.63, 3.8) is 0 Å². The molecule has 0 aliphatic heterocycles. The SMILES string of the molecule is O=C(O)CCCCNc1ncnc2ccccc12. The van der Waals surface area contributed by atoms with Gasteiger partial charge in [0.25, 0.3) is 0 Å². The highest BCUT2D eigenvalue weighted by Crippen LogP contribution is 2.18. The van der Waals surface area contributed by atoms with Crippen LogP contribution >= 0.6 is 0 Å². The Morgan fingerprint density at radius 3 is 2.89 bits per heavy atom. The first-order chi connectivity index (χ1) is 8.77. The normalized spacial score (nSPS) is 10.4. The molecule has 1 aromatic carbocycles. The first-order valence-electron chi connectivity index (χ1n) is 5.93. The number of benzene rings is 1. The van der Waals surface area contributed by atoms with Crippen LogP contribution in [0.2, 0.25) is 0 Å². The number of carboxylic acid groups (broad SMARTS) is 1. The van der Waals surface area contributed by atoms with Crippen molar-refractivity contribution in [2.45, 2.75) is 19.3 Å². The Labute approximate surface area is 105 Å². The minimum absolute atomic E-state index is 0.214. The van der Waals surface area contributed by atoms with E-state index < -0.39 is 5.97 Å². The maximum absolute atomic E-state index is 10.4. The summed E-state index contributed by atoms with van der Waals surface area (Å²) in [6.07, 6.45) is 3.23. The van der Waals surface area contributed by atoms with Crippen molar-refractivity contribution in [2.24, 2.45) is 0 Å². The molecule has 18 heavy (non-hydrogen) atoms. The molecule has 0 unspecified atom stereocenters. The van der Waals surface area contributed by atoms with Crippen LogP contribution < -0.4 is 5.32 Å². The molecule has 0 saturated heterocycles. The van der Waals surface area contributed by atoms with E-state index in [0.29, 0.717) is 13.0 Å². The Balaban J connectivity index is 1.93. The number of carbonyl (C=O) groups is 1. The summed E-state index contributed by atoms with van der Waals surface area (Å²) in [4.78, 5) is 18.7. The number of aliphatic carboxylic acids is 1. The second-order valence-electron chi connectivity index (χ2n) is 4.02. The average Bonchev–Trinajstić information content (AvgIpc) is 2.38. The van der Waals surface area contributed by atoms with Crippen molar-refractivity contribution in [3.8, 4) is 0 Å². The molecule has 94 valence electrons. The van der Waals surface area contributed by atoms with Gasteiger partial charge in [-0.25, -0.2) is 9.97 Å². The third-order valence-corrected chi connectivity index (χ3v) is 2.65. The van der Waals surface area contributed by atoms with Crippen LogP contribution in [-0.2, 0) is 4.79 Å². The van der Waals surface area contributed by atoms with Crippen LogP contribution in [0, 0.1) is 0 Å². The topological polar surface area (TPSA) is 75.1 Å². The van der Waals surface area contributed by atoms with Gasteiger partial charge in [0.1, 0.15) is 12.1 Å². The molecular weight excluding hydrogens is 230 g/mol. The second kappa shape index (κ2) is 5.95. The molecule has 2 aromatic rings. The minimum Gasteiger partial charge on any atom is -0.481 e. The molecule has 5 nitrogen and oxygen atoms in total. The van der Waals surface area contributed by atoms with Gasteiger partial charge in [-0.15, -0.1) is 0 Å². The van der Waals surface area contributed by atoms with E-state index in [4.69, 9.17) is 5.11 Å². The van der Waals surface area contributed by atoms with E-state index in [0.717, 1.165) is 23.1 Å². The fourth-order valence-electron chi connectivity index (χ4n) is 1.75. The van der Waals surface area contributed by atoms with Crippen molar-refractivity contribution >= 4 is 22.7 Å². The quantitative estimate of drug-likeness (QED) is 0.764. The Hall–Kier alpha value is -2.17. The summed E-state index contributed by atoms with van der Waals surface area (Å²) in [7, 11) is 0. The van der Waals surface area contributed by atoms with Crippen LogP contribution in [0.15, 0.2) is 30.6 Å². The zero-order valence-electron chi connectivity index (χ0n) is 9.97. The third-order valence-electron chi connectivity index (χ3n) is 2.65. The van der Waals surface area contributed by atoms with E-state index in [1.807, 2.05) is 24.3 Å². The molecule has 1 aromatic heterocycles. The van der Waals surface area contributed by atoms with Gasteiger partial charge in [-0.3, -0.25) is 4.79 Å². The number of hydrogen-bond donors (Lipinski definition) is 2. The molecule has 0 spiro atoms. The molecule has 0 fully saturated rings. The lowest BCUT2D eigenvalue weighted by molar-refractivity contribution is -0.137. The molecule has 0 saturated carbocycles. The molecule has 1 heterocycles. The van der Waals surface area contributed by atoms with E-state index >= 15 is 0 Å². The van der Waals surface area contributed by atoms with Crippen molar-refractivity contribution in [1.29, 1.82) is 0 Å². The Kier molecular flexibility index (Phi) is 4.06. The summed E-state index contributed by atoms with van der Waals surface area (Å²) >= 11 is 0. The first-order valence-corrected chi connectivity index (χ1v) is 5.93. The fourth-order valence-corrected chi connectivity index (χ4v) is 1.75. The second-order valence-corrected chi connectivity index (χ2v) is 4.02. The van der Waals surface area contributed by atoms with Crippen molar-refractivity contribution in [3.05, 3.63) is 30.6 Å². The predicted octanol–water partition coefficient (Wildman–Crippen LogP) is 2.30. The number of para-hydroxylation sites is 1. The van der Waals surface area contributed by atoms with Gasteiger partial charge in [-0.1, -0.05) is 12.1 Å². The van der Waals surface area contributed by atoms with E-state index in [-0.39, 0.29) is 6.42 Å². The number of rotatable bonds is 6. The molecule has 0 radical (unpaired) electrons. The number of unbranched alkanes of at least 4 members (excludes halogenated alkanes) is 1. The van der Waals surface area contributed by atoms with Crippen LogP contribution in [0.3, 0.4) is 0 Å². The fraction of sp³-hybridized carbons (Fsp3) is 0.308. The monoisotopic (exact) mass is 245 g/mol. The van der Waals surface area contributed by atoms with Crippen LogP contribution in [0.25, 0.3) is 10.9 Å². The number of nitrogens with one attached hydrogen (secondary N) is 1. The predicted molar refractivity (Wildman–Crippen MR) is 69.5 cm³/mol. The number of anilines is 1. The summed E-state index contributed by atoms with van der Waals surface area (Å²) in [5.74, 6) is 0.0541. The Morgan fingerprint density at radius 2 is 2.06 bits per heavy atom. The molecule has 0 amide bonds. The maximum Gasteiger partial charge on any atom is 0.303 e. The maximum atomic E-state index is 10.4. The third kappa shape index (κ3) is 3.16. The molecule has 5 heteroatoms. The number of fused-ring (bicyclic) bond motifs is 1. The van der Waals surface area contributed by atoms with Gasteiger partial charge in [-0.05, 0) is 25.0 Å². The summed E-state index contributed by atoms with van der Waals surface area (Å²) < 4.78 is 0. The lowest BCUT2D eigenvalue weighted by Crippen LogP contribution is -2.05. The summed E-state index contributed by atoms with van der Waals surface area (Å²) in [6.45, 7) is 0.717. The lowest BCUT2D eigenvalue weighted by atomic mass is 10.2. The molecule has 0 aliphatic rings. The summed E-state index contributed by atoms with van der Waals surface area (Å²) in [5.41, 5.74) is 0.903. The average molecular weight is 245 g/mol. The van der Waals surface area contributed by atoms with Gasteiger partial charge in [0.05, 0.1) is 5.52 Å². The largest absolute Gasteiger partial charge is 0.481 e. The van der Waals surface area contributed by atoms with E-state index in [1.54, 1.807) is 0 Å². The molecular formula is C13H15N3O2. The number of nitrogens with zero attached hydrogens (tertiary/aromatic N) is 2. The smallest absolute Gasteiger partial charge is 0.303 e. The molecule has 0 aliphatic carbocycles.